The third-order valence-electron chi connectivity index (χ3n) is 4.40. The molecule has 0 aliphatic rings. The molecule has 1 aromatic heterocycles. The van der Waals surface area contributed by atoms with Crippen molar-refractivity contribution < 1.29 is 27.4 Å². The van der Waals surface area contributed by atoms with Crippen molar-refractivity contribution >= 4 is 17.2 Å². The molecule has 0 atom stereocenters. The summed E-state index contributed by atoms with van der Waals surface area (Å²) in [6.07, 6.45) is -4.39. The first-order valence-corrected chi connectivity index (χ1v) is 9.70. The normalized spacial score (nSPS) is 11.3. The van der Waals surface area contributed by atoms with Gasteiger partial charge in [-0.05, 0) is 35.9 Å². The number of thiazole rings is 1. The lowest BCUT2D eigenvalue weighted by atomic mass is 10.1. The van der Waals surface area contributed by atoms with Gasteiger partial charge in [0, 0.05) is 24.5 Å². The first-order valence-electron chi connectivity index (χ1n) is 8.82. The highest BCUT2D eigenvalue weighted by Gasteiger charge is 2.30. The minimum absolute atomic E-state index is 0.167. The Labute approximate surface area is 175 Å². The smallest absolute Gasteiger partial charge is 0.416 e. The van der Waals surface area contributed by atoms with E-state index in [0.717, 1.165) is 17.7 Å². The number of nitrogens with zero attached hydrogens (tertiary/aromatic N) is 2. The molecule has 0 saturated heterocycles. The van der Waals surface area contributed by atoms with Crippen LogP contribution in [0.15, 0.2) is 47.8 Å². The van der Waals surface area contributed by atoms with Gasteiger partial charge in [-0.3, -0.25) is 4.79 Å². The van der Waals surface area contributed by atoms with Crippen LogP contribution in [-0.4, -0.2) is 37.1 Å². The first kappa shape index (κ1) is 21.6. The molecule has 0 spiro atoms. The molecule has 0 unspecified atom stereocenters. The highest BCUT2D eigenvalue weighted by Crippen LogP contribution is 2.34. The Bertz CT molecular complexity index is 1030. The van der Waals surface area contributed by atoms with Crippen LogP contribution in [0.2, 0.25) is 0 Å². The Hall–Kier alpha value is -3.07. The molecule has 0 N–H and O–H groups in total. The van der Waals surface area contributed by atoms with Crippen LogP contribution in [0.25, 0.3) is 10.6 Å². The summed E-state index contributed by atoms with van der Waals surface area (Å²) in [7, 11) is 4.66. The predicted octanol–water partition coefficient (Wildman–Crippen LogP) is 5.12. The van der Waals surface area contributed by atoms with Crippen molar-refractivity contribution in [1.29, 1.82) is 0 Å². The molecule has 0 radical (unpaired) electrons. The maximum atomic E-state index is 12.7. The fourth-order valence-corrected chi connectivity index (χ4v) is 3.61. The minimum Gasteiger partial charge on any atom is -0.493 e. The van der Waals surface area contributed by atoms with Crippen LogP contribution in [0, 0.1) is 0 Å². The molecule has 30 heavy (non-hydrogen) atoms. The molecule has 5 nitrogen and oxygen atoms in total. The largest absolute Gasteiger partial charge is 0.493 e. The summed E-state index contributed by atoms with van der Waals surface area (Å²) >= 11 is 1.31. The van der Waals surface area contributed by atoms with E-state index in [2.05, 4.69) is 4.98 Å². The quantitative estimate of drug-likeness (QED) is 0.538. The number of hydrogen-bond donors (Lipinski definition) is 0. The Kier molecular flexibility index (Phi) is 6.31. The molecule has 0 aliphatic carbocycles. The maximum absolute atomic E-state index is 12.7. The van der Waals surface area contributed by atoms with Crippen molar-refractivity contribution in [2.75, 3.05) is 21.3 Å². The van der Waals surface area contributed by atoms with E-state index in [0.29, 0.717) is 22.1 Å². The molecule has 2 aromatic carbocycles. The van der Waals surface area contributed by atoms with Crippen molar-refractivity contribution in [3.05, 3.63) is 64.7 Å². The van der Waals surface area contributed by atoms with Crippen molar-refractivity contribution in [2.24, 2.45) is 0 Å². The Morgan fingerprint density at radius 3 is 2.33 bits per heavy atom. The van der Waals surface area contributed by atoms with Gasteiger partial charge in [0.15, 0.2) is 11.5 Å². The third-order valence-corrected chi connectivity index (χ3v) is 5.29. The van der Waals surface area contributed by atoms with Crippen molar-refractivity contribution in [3.8, 4) is 22.1 Å². The molecule has 3 aromatic rings. The van der Waals surface area contributed by atoms with Crippen LogP contribution in [-0.2, 0) is 12.7 Å². The lowest BCUT2D eigenvalue weighted by Crippen LogP contribution is -2.26. The number of rotatable bonds is 6. The minimum atomic E-state index is -4.39. The average Bonchev–Trinajstić information content (AvgIpc) is 3.22. The zero-order chi connectivity index (χ0) is 21.9. The van der Waals surface area contributed by atoms with Gasteiger partial charge in [-0.1, -0.05) is 12.1 Å². The van der Waals surface area contributed by atoms with E-state index in [9.17, 15) is 18.0 Å². The van der Waals surface area contributed by atoms with Crippen molar-refractivity contribution in [1.82, 2.24) is 9.88 Å². The van der Waals surface area contributed by atoms with Gasteiger partial charge in [0.05, 0.1) is 19.8 Å². The SMILES string of the molecule is COc1ccc(-c2nc(C(=O)N(C)Cc3ccc(C(F)(F)F)cc3)cs2)cc1OC. The summed E-state index contributed by atoms with van der Waals surface area (Å²) in [6, 6.07) is 10.1. The molecule has 9 heteroatoms. The molecular weight excluding hydrogens is 417 g/mol. The Morgan fingerprint density at radius 2 is 1.73 bits per heavy atom. The molecule has 0 saturated carbocycles. The van der Waals surface area contributed by atoms with Crippen LogP contribution in [0.1, 0.15) is 21.6 Å². The number of hydrogen-bond acceptors (Lipinski definition) is 5. The molecule has 1 amide bonds. The number of carbonyl (C=O) groups excluding carboxylic acids is 1. The van der Waals surface area contributed by atoms with Gasteiger partial charge in [0.25, 0.3) is 5.91 Å². The zero-order valence-corrected chi connectivity index (χ0v) is 17.3. The molecular formula is C21H19F3N2O3S. The van der Waals surface area contributed by atoms with Gasteiger partial charge >= 0.3 is 6.18 Å². The third kappa shape index (κ3) is 4.73. The van der Waals surface area contributed by atoms with Crippen LogP contribution in [0.4, 0.5) is 13.2 Å². The second kappa shape index (κ2) is 8.74. The van der Waals surface area contributed by atoms with Crippen LogP contribution in [0.3, 0.4) is 0 Å². The molecule has 0 aliphatic heterocycles. The number of carbonyl (C=O) groups is 1. The van der Waals surface area contributed by atoms with Crippen molar-refractivity contribution in [3.63, 3.8) is 0 Å². The zero-order valence-electron chi connectivity index (χ0n) is 16.5. The van der Waals surface area contributed by atoms with Gasteiger partial charge < -0.3 is 14.4 Å². The number of methoxy groups -OCH3 is 2. The summed E-state index contributed by atoms with van der Waals surface area (Å²) in [6.45, 7) is 0.167. The standard InChI is InChI=1S/C21H19F3N2O3S/c1-26(11-13-4-7-15(8-5-13)21(22,23)24)20(27)16-12-30-19(25-16)14-6-9-17(28-2)18(10-14)29-3/h4-10,12H,11H2,1-3H3. The second-order valence-corrected chi connectivity index (χ2v) is 7.32. The lowest BCUT2D eigenvalue weighted by molar-refractivity contribution is -0.137. The first-order chi connectivity index (χ1) is 14.2. The average molecular weight is 436 g/mol. The van der Waals surface area contributed by atoms with E-state index in [1.165, 1.54) is 35.5 Å². The molecule has 1 heterocycles. The summed E-state index contributed by atoms with van der Waals surface area (Å²) in [5.74, 6) is 0.820. The van der Waals surface area contributed by atoms with Crippen molar-refractivity contribution in [2.45, 2.75) is 12.7 Å². The Morgan fingerprint density at radius 1 is 1.07 bits per heavy atom. The molecule has 0 fully saturated rings. The number of aromatic nitrogens is 1. The van der Waals surface area contributed by atoms with E-state index in [1.807, 2.05) is 6.07 Å². The summed E-state index contributed by atoms with van der Waals surface area (Å²) in [5, 5.41) is 2.29. The number of benzene rings is 2. The lowest BCUT2D eigenvalue weighted by Gasteiger charge is -2.16. The van der Waals surface area contributed by atoms with E-state index in [-0.39, 0.29) is 18.1 Å². The van der Waals surface area contributed by atoms with Gasteiger partial charge in [-0.25, -0.2) is 4.98 Å². The maximum Gasteiger partial charge on any atom is 0.416 e. The van der Waals surface area contributed by atoms with E-state index < -0.39 is 11.7 Å². The number of ether oxygens (including phenoxy) is 2. The van der Waals surface area contributed by atoms with Gasteiger partial charge in [-0.2, -0.15) is 13.2 Å². The summed E-state index contributed by atoms with van der Waals surface area (Å²) < 4.78 is 48.5. The number of halogens is 3. The van der Waals surface area contributed by atoms with E-state index >= 15 is 0 Å². The van der Waals surface area contributed by atoms with Crippen LogP contribution < -0.4 is 9.47 Å². The van der Waals surface area contributed by atoms with Crippen LogP contribution in [0.5, 0.6) is 11.5 Å². The van der Waals surface area contributed by atoms with Gasteiger partial charge in [-0.15, -0.1) is 11.3 Å². The summed E-state index contributed by atoms with van der Waals surface area (Å²) in [5.41, 5.74) is 0.912. The Balaban J connectivity index is 1.73. The topological polar surface area (TPSA) is 51.7 Å². The predicted molar refractivity (Wildman–Crippen MR) is 108 cm³/mol. The highest BCUT2D eigenvalue weighted by atomic mass is 32.1. The fourth-order valence-electron chi connectivity index (χ4n) is 2.81. The highest BCUT2D eigenvalue weighted by molar-refractivity contribution is 7.13. The number of alkyl halides is 3. The fraction of sp³-hybridized carbons (Fsp3) is 0.238. The number of amides is 1. The van der Waals surface area contributed by atoms with Crippen LogP contribution >= 0.6 is 11.3 Å². The summed E-state index contributed by atoms with van der Waals surface area (Å²) in [4.78, 5) is 18.5. The second-order valence-electron chi connectivity index (χ2n) is 6.46. The monoisotopic (exact) mass is 436 g/mol. The molecule has 158 valence electrons. The van der Waals surface area contributed by atoms with E-state index in [1.54, 1.807) is 31.7 Å². The van der Waals surface area contributed by atoms with E-state index in [4.69, 9.17) is 9.47 Å². The molecule has 0 bridgehead atoms. The molecule has 3 rings (SSSR count). The van der Waals surface area contributed by atoms with Gasteiger partial charge in [0.2, 0.25) is 0 Å². The van der Waals surface area contributed by atoms with Gasteiger partial charge in [0.1, 0.15) is 10.7 Å².